The lowest BCUT2D eigenvalue weighted by Crippen LogP contribution is -2.57. The van der Waals surface area contributed by atoms with Crippen molar-refractivity contribution >= 4 is 24.2 Å². The van der Waals surface area contributed by atoms with E-state index in [9.17, 15) is 14.7 Å². The standard InChI is InChI=1S/C26H35N5O3/c1-16(2)31(24(15-32)30-14-23(29-5)19-9-7-6-8-10-19)26(34)22(27)13-21-17(3)11-20(25(28)33)12-18(21)4/h6-12,14,16,22,24,30,32H,5,13,15,27H2,1-4H3,(H2,28,33)/b23-14-/t22-,24?/m0/s1. The van der Waals surface area contributed by atoms with Gasteiger partial charge < -0.3 is 26.8 Å². The van der Waals surface area contributed by atoms with E-state index in [1.54, 1.807) is 18.3 Å². The lowest BCUT2D eigenvalue weighted by atomic mass is 9.93. The number of hydrogen-bond acceptors (Lipinski definition) is 6. The van der Waals surface area contributed by atoms with Gasteiger partial charge in [-0.1, -0.05) is 30.3 Å². The van der Waals surface area contributed by atoms with Gasteiger partial charge in [0, 0.05) is 23.4 Å². The molecular weight excluding hydrogens is 430 g/mol. The van der Waals surface area contributed by atoms with Crippen LogP contribution in [-0.2, 0) is 11.2 Å². The quantitative estimate of drug-likeness (QED) is 0.298. The number of aliphatic hydroxyl groups is 1. The number of carbonyl (C=O) groups excluding carboxylic acids is 2. The van der Waals surface area contributed by atoms with E-state index in [1.807, 2.05) is 58.0 Å². The SMILES string of the molecule is C=N/C(=C\NC(CO)N(C(=O)[C@@H](N)Cc1c(C)cc(C(N)=O)cc1C)C(C)C)c1ccccc1. The molecule has 0 aliphatic carbocycles. The van der Waals surface area contributed by atoms with Crippen LogP contribution in [0, 0.1) is 13.8 Å². The number of carbonyl (C=O) groups is 2. The van der Waals surface area contributed by atoms with Gasteiger partial charge in [0.05, 0.1) is 18.3 Å². The number of nitrogens with zero attached hydrogens (tertiary/aromatic N) is 2. The molecule has 2 amide bonds. The van der Waals surface area contributed by atoms with Crippen molar-refractivity contribution in [1.29, 1.82) is 0 Å². The number of hydrogen-bond donors (Lipinski definition) is 4. The maximum absolute atomic E-state index is 13.4. The lowest BCUT2D eigenvalue weighted by Gasteiger charge is -2.36. The number of amides is 2. The first-order chi connectivity index (χ1) is 16.1. The molecule has 34 heavy (non-hydrogen) atoms. The van der Waals surface area contributed by atoms with Crippen LogP contribution in [0.25, 0.3) is 5.70 Å². The Kier molecular flexibility index (Phi) is 9.53. The highest BCUT2D eigenvalue weighted by atomic mass is 16.3. The van der Waals surface area contributed by atoms with Crippen molar-refractivity contribution in [2.75, 3.05) is 6.61 Å². The minimum atomic E-state index is -0.842. The van der Waals surface area contributed by atoms with Crippen LogP contribution in [0.5, 0.6) is 0 Å². The van der Waals surface area contributed by atoms with Crippen molar-refractivity contribution in [3.05, 3.63) is 76.5 Å². The second kappa shape index (κ2) is 12.1. The van der Waals surface area contributed by atoms with Gasteiger partial charge in [0.15, 0.2) is 0 Å². The summed E-state index contributed by atoms with van der Waals surface area (Å²) >= 11 is 0. The zero-order valence-corrected chi connectivity index (χ0v) is 20.3. The Morgan fingerprint density at radius 2 is 1.74 bits per heavy atom. The van der Waals surface area contributed by atoms with Crippen molar-refractivity contribution in [2.24, 2.45) is 16.5 Å². The lowest BCUT2D eigenvalue weighted by molar-refractivity contribution is -0.138. The van der Waals surface area contributed by atoms with Gasteiger partial charge in [-0.25, -0.2) is 0 Å². The third-order valence-electron chi connectivity index (χ3n) is 5.69. The van der Waals surface area contributed by atoms with Gasteiger partial charge >= 0.3 is 0 Å². The molecule has 6 N–H and O–H groups in total. The second-order valence-corrected chi connectivity index (χ2v) is 8.52. The van der Waals surface area contributed by atoms with Crippen LogP contribution in [0.3, 0.4) is 0 Å². The van der Waals surface area contributed by atoms with Gasteiger partial charge in [-0.15, -0.1) is 0 Å². The van der Waals surface area contributed by atoms with E-state index in [1.165, 1.54) is 4.90 Å². The number of benzene rings is 2. The molecule has 8 heteroatoms. The third kappa shape index (κ3) is 6.52. The molecule has 2 atom stereocenters. The van der Waals surface area contributed by atoms with E-state index in [-0.39, 0.29) is 25.0 Å². The first-order valence-electron chi connectivity index (χ1n) is 11.2. The summed E-state index contributed by atoms with van der Waals surface area (Å²) < 4.78 is 0. The highest BCUT2D eigenvalue weighted by Crippen LogP contribution is 2.20. The first kappa shape index (κ1) is 26.8. The monoisotopic (exact) mass is 465 g/mol. The summed E-state index contributed by atoms with van der Waals surface area (Å²) in [4.78, 5) is 30.5. The van der Waals surface area contributed by atoms with E-state index >= 15 is 0 Å². The highest BCUT2D eigenvalue weighted by Gasteiger charge is 2.30. The molecule has 0 aromatic heterocycles. The van der Waals surface area contributed by atoms with Gasteiger partial charge in [0.25, 0.3) is 0 Å². The Bertz CT molecular complexity index is 1030. The maximum Gasteiger partial charge on any atom is 0.248 e. The zero-order chi connectivity index (χ0) is 25.4. The van der Waals surface area contributed by atoms with E-state index in [4.69, 9.17) is 11.5 Å². The molecule has 0 aliphatic heterocycles. The summed E-state index contributed by atoms with van der Waals surface area (Å²) in [7, 11) is 0. The third-order valence-corrected chi connectivity index (χ3v) is 5.69. The topological polar surface area (TPSA) is 134 Å². The summed E-state index contributed by atoms with van der Waals surface area (Å²) in [6, 6.07) is 11.8. The summed E-state index contributed by atoms with van der Waals surface area (Å²) in [5, 5.41) is 13.2. The molecule has 0 aliphatic rings. The van der Waals surface area contributed by atoms with E-state index in [0.29, 0.717) is 11.3 Å². The van der Waals surface area contributed by atoms with Crippen LogP contribution in [0.4, 0.5) is 0 Å². The number of nitrogens with two attached hydrogens (primary N) is 2. The molecule has 0 spiro atoms. The predicted molar refractivity (Wildman–Crippen MR) is 136 cm³/mol. The molecule has 0 bridgehead atoms. The molecule has 0 heterocycles. The highest BCUT2D eigenvalue weighted by molar-refractivity contribution is 5.93. The molecule has 182 valence electrons. The van der Waals surface area contributed by atoms with Gasteiger partial charge in [0.2, 0.25) is 11.8 Å². The fourth-order valence-corrected chi connectivity index (χ4v) is 3.95. The zero-order valence-electron chi connectivity index (χ0n) is 20.3. The van der Waals surface area contributed by atoms with Crippen molar-refractivity contribution in [3.63, 3.8) is 0 Å². The average molecular weight is 466 g/mol. The number of primary amides is 1. The smallest absolute Gasteiger partial charge is 0.248 e. The van der Waals surface area contributed by atoms with Gasteiger partial charge in [-0.2, -0.15) is 0 Å². The minimum Gasteiger partial charge on any atom is -0.392 e. The number of aryl methyl sites for hydroxylation is 2. The van der Waals surface area contributed by atoms with Gasteiger partial charge in [-0.3, -0.25) is 14.6 Å². The number of nitrogens with one attached hydrogen (secondary N) is 1. The van der Waals surface area contributed by atoms with Gasteiger partial charge in [-0.05, 0) is 69.7 Å². The molecule has 2 aromatic carbocycles. The van der Waals surface area contributed by atoms with E-state index in [0.717, 1.165) is 22.3 Å². The van der Waals surface area contributed by atoms with Crippen LogP contribution in [0.1, 0.15) is 46.5 Å². The maximum atomic E-state index is 13.4. The van der Waals surface area contributed by atoms with Crippen LogP contribution < -0.4 is 16.8 Å². The summed E-state index contributed by atoms with van der Waals surface area (Å²) in [6.45, 7) is 10.7. The molecular formula is C26H35N5O3. The minimum absolute atomic E-state index is 0.229. The Hall–Kier alpha value is -3.49. The average Bonchev–Trinajstić information content (AvgIpc) is 2.80. The van der Waals surface area contributed by atoms with Crippen molar-refractivity contribution in [2.45, 2.75) is 52.4 Å². The normalized spacial score (nSPS) is 13.3. The van der Waals surface area contributed by atoms with E-state index < -0.39 is 18.1 Å². The van der Waals surface area contributed by atoms with E-state index in [2.05, 4.69) is 17.0 Å². The summed E-state index contributed by atoms with van der Waals surface area (Å²) in [6.07, 6.45) is 1.21. The number of aliphatic hydroxyl groups excluding tert-OH is 1. The number of aliphatic imine (C=N–C) groups is 1. The molecule has 0 saturated carbocycles. The molecule has 0 fully saturated rings. The van der Waals surface area contributed by atoms with Crippen molar-refractivity contribution in [1.82, 2.24) is 10.2 Å². The Labute approximate surface area is 201 Å². The first-order valence-corrected chi connectivity index (χ1v) is 11.2. The Balaban J connectivity index is 2.25. The summed E-state index contributed by atoms with van der Waals surface area (Å²) in [5.74, 6) is -0.807. The molecule has 2 aromatic rings. The molecule has 1 unspecified atom stereocenters. The summed E-state index contributed by atoms with van der Waals surface area (Å²) in [5.41, 5.74) is 16.2. The molecule has 0 radical (unpaired) electrons. The fraction of sp³-hybridized carbons (Fsp3) is 0.346. The van der Waals surface area contributed by atoms with Crippen LogP contribution in [0.15, 0.2) is 53.7 Å². The number of rotatable bonds is 11. The van der Waals surface area contributed by atoms with Gasteiger partial charge in [0.1, 0.15) is 6.17 Å². The largest absolute Gasteiger partial charge is 0.392 e. The van der Waals surface area contributed by atoms with Crippen LogP contribution in [0.2, 0.25) is 0 Å². The van der Waals surface area contributed by atoms with Crippen LogP contribution >= 0.6 is 0 Å². The Morgan fingerprint density at radius 1 is 1.15 bits per heavy atom. The van der Waals surface area contributed by atoms with Crippen molar-refractivity contribution < 1.29 is 14.7 Å². The van der Waals surface area contributed by atoms with Crippen molar-refractivity contribution in [3.8, 4) is 0 Å². The van der Waals surface area contributed by atoms with Crippen LogP contribution in [-0.4, -0.2) is 53.4 Å². The Morgan fingerprint density at radius 3 is 2.21 bits per heavy atom. The predicted octanol–water partition coefficient (Wildman–Crippen LogP) is 2.12. The molecule has 2 rings (SSSR count). The second-order valence-electron chi connectivity index (χ2n) is 8.52. The fourth-order valence-electron chi connectivity index (χ4n) is 3.95. The molecule has 0 saturated heterocycles. The molecule has 8 nitrogen and oxygen atoms in total.